The molecule has 1 aromatic rings. The van der Waals surface area contributed by atoms with Crippen LogP contribution in [0.25, 0.3) is 0 Å². The number of nitrogens with one attached hydrogen (secondary N) is 1. The number of aryl methyl sites for hydroxylation is 1. The number of aromatic nitrogens is 1. The maximum atomic E-state index is 12.3. The molecule has 2 heterocycles. The van der Waals surface area contributed by atoms with Crippen LogP contribution in [0.15, 0.2) is 17.1 Å². The summed E-state index contributed by atoms with van der Waals surface area (Å²) in [6, 6.07) is 1.37. The number of carboxylic acids is 1. The number of aliphatic carboxylic acids is 1. The number of hydrogen-bond acceptors (Lipinski definition) is 3. The van der Waals surface area contributed by atoms with Crippen molar-refractivity contribution >= 4 is 11.9 Å². The van der Waals surface area contributed by atoms with E-state index in [0.29, 0.717) is 30.5 Å². The first-order valence-corrected chi connectivity index (χ1v) is 6.20. The number of piperidine rings is 1. The highest BCUT2D eigenvalue weighted by molar-refractivity contribution is 5.95. The molecule has 6 heteroatoms. The standard InChI is InChI=1S/C13H16N2O4/c1-8-5-11(16)14-6-10(8)12(17)15-4-2-3-9(7-15)13(18)19/h5-6,9H,2-4,7H2,1H3,(H,14,16)(H,18,19). The van der Waals surface area contributed by atoms with E-state index in [2.05, 4.69) is 4.98 Å². The van der Waals surface area contributed by atoms with E-state index in [9.17, 15) is 14.4 Å². The molecule has 1 unspecified atom stereocenters. The Morgan fingerprint density at radius 2 is 2.21 bits per heavy atom. The Hall–Kier alpha value is -2.11. The van der Waals surface area contributed by atoms with Crippen LogP contribution in [0.3, 0.4) is 0 Å². The van der Waals surface area contributed by atoms with Crippen molar-refractivity contribution in [3.05, 3.63) is 33.7 Å². The van der Waals surface area contributed by atoms with Gasteiger partial charge in [0.1, 0.15) is 0 Å². The van der Waals surface area contributed by atoms with Gasteiger partial charge in [0.15, 0.2) is 0 Å². The molecule has 1 aliphatic rings. The molecule has 0 spiro atoms. The SMILES string of the molecule is Cc1cc(=O)[nH]cc1C(=O)N1CCCC(C(=O)O)C1. The Labute approximate surface area is 110 Å². The normalized spacial score (nSPS) is 19.2. The highest BCUT2D eigenvalue weighted by Gasteiger charge is 2.29. The van der Waals surface area contributed by atoms with Crippen LogP contribution in [-0.4, -0.2) is 40.0 Å². The van der Waals surface area contributed by atoms with Gasteiger partial charge in [-0.3, -0.25) is 14.4 Å². The van der Waals surface area contributed by atoms with Crippen molar-refractivity contribution in [3.8, 4) is 0 Å². The number of amides is 1. The van der Waals surface area contributed by atoms with Gasteiger partial charge in [-0.2, -0.15) is 0 Å². The highest BCUT2D eigenvalue weighted by atomic mass is 16.4. The summed E-state index contributed by atoms with van der Waals surface area (Å²) in [4.78, 5) is 38.4. The van der Waals surface area contributed by atoms with Gasteiger partial charge in [0.05, 0.1) is 11.5 Å². The van der Waals surface area contributed by atoms with Crippen LogP contribution >= 0.6 is 0 Å². The maximum absolute atomic E-state index is 12.3. The van der Waals surface area contributed by atoms with Crippen LogP contribution < -0.4 is 5.56 Å². The lowest BCUT2D eigenvalue weighted by Crippen LogP contribution is -2.42. The molecule has 102 valence electrons. The summed E-state index contributed by atoms with van der Waals surface area (Å²) < 4.78 is 0. The summed E-state index contributed by atoms with van der Waals surface area (Å²) >= 11 is 0. The molecule has 1 aromatic heterocycles. The smallest absolute Gasteiger partial charge is 0.308 e. The topological polar surface area (TPSA) is 90.5 Å². The molecule has 1 aliphatic heterocycles. The summed E-state index contributed by atoms with van der Waals surface area (Å²) in [6.45, 7) is 2.48. The predicted octanol–water partition coefficient (Wildman–Crippen LogP) is 0.620. The third-order valence-corrected chi connectivity index (χ3v) is 3.42. The molecular weight excluding hydrogens is 248 g/mol. The number of hydrogen-bond donors (Lipinski definition) is 2. The zero-order valence-corrected chi connectivity index (χ0v) is 10.7. The van der Waals surface area contributed by atoms with Crippen molar-refractivity contribution in [2.24, 2.45) is 5.92 Å². The van der Waals surface area contributed by atoms with E-state index in [1.165, 1.54) is 12.3 Å². The molecule has 6 nitrogen and oxygen atoms in total. The molecule has 0 bridgehead atoms. The number of H-pyrrole nitrogens is 1. The largest absolute Gasteiger partial charge is 0.481 e. The van der Waals surface area contributed by atoms with Crippen LogP contribution in [0.1, 0.15) is 28.8 Å². The monoisotopic (exact) mass is 264 g/mol. The van der Waals surface area contributed by atoms with Gasteiger partial charge in [-0.1, -0.05) is 0 Å². The quantitative estimate of drug-likeness (QED) is 0.819. The Morgan fingerprint density at radius 1 is 1.47 bits per heavy atom. The highest BCUT2D eigenvalue weighted by Crippen LogP contribution is 2.19. The number of likely N-dealkylation sites (tertiary alicyclic amines) is 1. The number of carbonyl (C=O) groups excluding carboxylic acids is 1. The maximum Gasteiger partial charge on any atom is 0.308 e. The van der Waals surface area contributed by atoms with Gasteiger partial charge < -0.3 is 15.0 Å². The van der Waals surface area contributed by atoms with Crippen molar-refractivity contribution in [3.63, 3.8) is 0 Å². The third kappa shape index (κ3) is 2.83. The van der Waals surface area contributed by atoms with Crippen molar-refractivity contribution in [2.75, 3.05) is 13.1 Å². The fourth-order valence-corrected chi connectivity index (χ4v) is 2.34. The van der Waals surface area contributed by atoms with Crippen molar-refractivity contribution in [1.29, 1.82) is 0 Å². The summed E-state index contributed by atoms with van der Waals surface area (Å²) in [7, 11) is 0. The van der Waals surface area contributed by atoms with Crippen LogP contribution in [0.2, 0.25) is 0 Å². The Bertz CT molecular complexity index is 564. The number of nitrogens with zero attached hydrogens (tertiary/aromatic N) is 1. The molecule has 0 radical (unpaired) electrons. The number of rotatable bonds is 2. The number of carboxylic acid groups (broad SMARTS) is 1. The molecule has 19 heavy (non-hydrogen) atoms. The molecule has 2 rings (SSSR count). The molecular formula is C13H16N2O4. The first kappa shape index (κ1) is 13.3. The second-order valence-corrected chi connectivity index (χ2v) is 4.82. The molecule has 1 amide bonds. The van der Waals surface area contributed by atoms with Gasteiger partial charge in [-0.15, -0.1) is 0 Å². The molecule has 1 saturated heterocycles. The van der Waals surface area contributed by atoms with Crippen LogP contribution in [0.5, 0.6) is 0 Å². The molecule has 0 saturated carbocycles. The minimum absolute atomic E-state index is 0.222. The minimum Gasteiger partial charge on any atom is -0.481 e. The Balaban J connectivity index is 2.19. The lowest BCUT2D eigenvalue weighted by atomic mass is 9.97. The predicted molar refractivity (Wildman–Crippen MR) is 68.1 cm³/mol. The van der Waals surface area contributed by atoms with E-state index in [1.54, 1.807) is 11.8 Å². The van der Waals surface area contributed by atoms with E-state index in [-0.39, 0.29) is 18.0 Å². The zero-order chi connectivity index (χ0) is 14.0. The summed E-state index contributed by atoms with van der Waals surface area (Å²) in [6.07, 6.45) is 2.68. The zero-order valence-electron chi connectivity index (χ0n) is 10.7. The van der Waals surface area contributed by atoms with Gasteiger partial charge >= 0.3 is 5.97 Å². The lowest BCUT2D eigenvalue weighted by Gasteiger charge is -2.31. The van der Waals surface area contributed by atoms with Crippen molar-refractivity contribution in [1.82, 2.24) is 9.88 Å². The van der Waals surface area contributed by atoms with E-state index < -0.39 is 11.9 Å². The van der Waals surface area contributed by atoms with Gasteiger partial charge in [0.2, 0.25) is 5.56 Å². The van der Waals surface area contributed by atoms with Gasteiger partial charge in [0, 0.05) is 25.4 Å². The van der Waals surface area contributed by atoms with E-state index in [1.807, 2.05) is 0 Å². The van der Waals surface area contributed by atoms with E-state index in [0.717, 1.165) is 0 Å². The van der Waals surface area contributed by atoms with Crippen LogP contribution in [-0.2, 0) is 4.79 Å². The average molecular weight is 264 g/mol. The van der Waals surface area contributed by atoms with Gasteiger partial charge in [0.25, 0.3) is 5.91 Å². The summed E-state index contributed by atoms with van der Waals surface area (Å²) in [5, 5.41) is 9.01. The fraction of sp³-hybridized carbons (Fsp3) is 0.462. The lowest BCUT2D eigenvalue weighted by molar-refractivity contribution is -0.143. The molecule has 1 atom stereocenters. The first-order valence-electron chi connectivity index (χ1n) is 6.20. The number of carbonyl (C=O) groups is 2. The molecule has 0 aromatic carbocycles. The third-order valence-electron chi connectivity index (χ3n) is 3.42. The summed E-state index contributed by atoms with van der Waals surface area (Å²) in [5.41, 5.74) is 0.771. The number of aromatic amines is 1. The average Bonchev–Trinajstić information content (AvgIpc) is 2.38. The second kappa shape index (κ2) is 5.26. The van der Waals surface area contributed by atoms with Gasteiger partial charge in [-0.25, -0.2) is 0 Å². The minimum atomic E-state index is -0.865. The Kier molecular flexibility index (Phi) is 3.69. The van der Waals surface area contributed by atoms with Crippen molar-refractivity contribution in [2.45, 2.75) is 19.8 Å². The summed E-state index contributed by atoms with van der Waals surface area (Å²) in [5.74, 6) is -1.59. The van der Waals surface area contributed by atoms with Crippen LogP contribution in [0, 0.1) is 12.8 Å². The van der Waals surface area contributed by atoms with Crippen LogP contribution in [0.4, 0.5) is 0 Å². The first-order chi connectivity index (χ1) is 8.99. The van der Waals surface area contributed by atoms with Crippen molar-refractivity contribution < 1.29 is 14.7 Å². The molecule has 0 aliphatic carbocycles. The Morgan fingerprint density at radius 3 is 2.84 bits per heavy atom. The van der Waals surface area contributed by atoms with E-state index >= 15 is 0 Å². The number of pyridine rings is 1. The molecule has 2 N–H and O–H groups in total. The van der Waals surface area contributed by atoms with E-state index in [4.69, 9.17) is 5.11 Å². The fourth-order valence-electron chi connectivity index (χ4n) is 2.34. The van der Waals surface area contributed by atoms with Gasteiger partial charge in [-0.05, 0) is 25.3 Å². The molecule has 1 fully saturated rings. The second-order valence-electron chi connectivity index (χ2n) is 4.82.